The first-order valence-electron chi connectivity index (χ1n) is 3.93. The summed E-state index contributed by atoms with van der Waals surface area (Å²) in [4.78, 5) is 11.2. The van der Waals surface area contributed by atoms with Crippen LogP contribution in [-0.4, -0.2) is 18.6 Å². The average molecular weight is 171 g/mol. The predicted octanol–water partition coefficient (Wildman–Crippen LogP) is 1.09. The third-order valence-electron chi connectivity index (χ3n) is 1.32. The molecule has 0 heterocycles. The summed E-state index contributed by atoms with van der Waals surface area (Å²) in [7, 11) is 0. The van der Waals surface area contributed by atoms with Crippen LogP contribution in [-0.2, 0) is 9.53 Å². The monoisotopic (exact) mass is 171 g/mol. The van der Waals surface area contributed by atoms with Gasteiger partial charge in [-0.15, -0.1) is 6.58 Å². The van der Waals surface area contributed by atoms with Gasteiger partial charge < -0.3 is 10.5 Å². The molecule has 0 aliphatic carbocycles. The highest BCUT2D eigenvalue weighted by atomic mass is 16.5. The van der Waals surface area contributed by atoms with E-state index in [9.17, 15) is 4.79 Å². The molecule has 0 saturated carbocycles. The molecule has 0 aromatic heterocycles. The SMILES string of the molecule is C=CC(N)COC(=O)C(C)(C)C. The Labute approximate surface area is 73.6 Å². The van der Waals surface area contributed by atoms with Gasteiger partial charge in [0, 0.05) is 0 Å². The maximum atomic E-state index is 11.2. The van der Waals surface area contributed by atoms with Crippen molar-refractivity contribution in [1.29, 1.82) is 0 Å². The fraction of sp³-hybridized carbons (Fsp3) is 0.667. The van der Waals surface area contributed by atoms with Crippen LogP contribution in [0.2, 0.25) is 0 Å². The molecule has 3 nitrogen and oxygen atoms in total. The van der Waals surface area contributed by atoms with Crippen molar-refractivity contribution < 1.29 is 9.53 Å². The zero-order chi connectivity index (χ0) is 9.78. The number of rotatable bonds is 3. The average Bonchev–Trinajstić information content (AvgIpc) is 1.97. The number of esters is 1. The highest BCUT2D eigenvalue weighted by Gasteiger charge is 2.23. The molecule has 0 amide bonds. The molecule has 1 atom stereocenters. The van der Waals surface area contributed by atoms with E-state index in [0.717, 1.165) is 0 Å². The van der Waals surface area contributed by atoms with Crippen LogP contribution in [0.5, 0.6) is 0 Å². The van der Waals surface area contributed by atoms with E-state index in [2.05, 4.69) is 6.58 Å². The first-order valence-corrected chi connectivity index (χ1v) is 3.93. The van der Waals surface area contributed by atoms with Crippen LogP contribution in [0.15, 0.2) is 12.7 Å². The first kappa shape index (κ1) is 11.2. The molecule has 0 radical (unpaired) electrons. The number of nitrogens with two attached hydrogens (primary N) is 1. The lowest BCUT2D eigenvalue weighted by atomic mass is 9.97. The normalized spacial score (nSPS) is 13.7. The Hall–Kier alpha value is -0.830. The molecule has 12 heavy (non-hydrogen) atoms. The van der Waals surface area contributed by atoms with Crippen molar-refractivity contribution in [3.05, 3.63) is 12.7 Å². The van der Waals surface area contributed by atoms with E-state index in [-0.39, 0.29) is 18.6 Å². The van der Waals surface area contributed by atoms with Gasteiger partial charge in [0.2, 0.25) is 0 Å². The molecular formula is C9H17NO2. The standard InChI is InChI=1S/C9H17NO2/c1-5-7(10)6-12-8(11)9(2,3)4/h5,7H,1,6,10H2,2-4H3. The van der Waals surface area contributed by atoms with Gasteiger partial charge in [0.25, 0.3) is 0 Å². The maximum absolute atomic E-state index is 11.2. The van der Waals surface area contributed by atoms with Gasteiger partial charge in [0.15, 0.2) is 0 Å². The Kier molecular flexibility index (Phi) is 3.96. The highest BCUT2D eigenvalue weighted by Crippen LogP contribution is 2.14. The summed E-state index contributed by atoms with van der Waals surface area (Å²) in [6, 6.07) is -0.267. The van der Waals surface area contributed by atoms with E-state index in [1.54, 1.807) is 26.8 Å². The van der Waals surface area contributed by atoms with Crippen molar-refractivity contribution >= 4 is 5.97 Å². The van der Waals surface area contributed by atoms with Crippen LogP contribution in [0.4, 0.5) is 0 Å². The molecule has 2 N–H and O–H groups in total. The van der Waals surface area contributed by atoms with Gasteiger partial charge in [-0.1, -0.05) is 6.08 Å². The smallest absolute Gasteiger partial charge is 0.311 e. The molecule has 0 saturated heterocycles. The minimum atomic E-state index is -0.457. The van der Waals surface area contributed by atoms with Crippen molar-refractivity contribution in [2.24, 2.45) is 11.1 Å². The second-order valence-corrected chi connectivity index (χ2v) is 3.75. The van der Waals surface area contributed by atoms with Crippen molar-refractivity contribution in [3.63, 3.8) is 0 Å². The van der Waals surface area contributed by atoms with Crippen LogP contribution in [0.1, 0.15) is 20.8 Å². The van der Waals surface area contributed by atoms with E-state index in [4.69, 9.17) is 10.5 Å². The molecule has 0 spiro atoms. The number of ether oxygens (including phenoxy) is 1. The molecule has 0 fully saturated rings. The van der Waals surface area contributed by atoms with Gasteiger partial charge in [-0.2, -0.15) is 0 Å². The Balaban J connectivity index is 3.80. The number of carbonyl (C=O) groups excluding carboxylic acids is 1. The Morgan fingerprint density at radius 1 is 1.67 bits per heavy atom. The quantitative estimate of drug-likeness (QED) is 0.511. The third kappa shape index (κ3) is 4.13. The topological polar surface area (TPSA) is 52.3 Å². The van der Waals surface area contributed by atoms with Gasteiger partial charge in [-0.25, -0.2) is 0 Å². The van der Waals surface area contributed by atoms with Gasteiger partial charge in [-0.3, -0.25) is 4.79 Å². The third-order valence-corrected chi connectivity index (χ3v) is 1.32. The van der Waals surface area contributed by atoms with Gasteiger partial charge in [-0.05, 0) is 20.8 Å². The molecule has 0 bridgehead atoms. The summed E-state index contributed by atoms with van der Waals surface area (Å²) in [5, 5.41) is 0. The molecule has 0 aromatic rings. The minimum absolute atomic E-state index is 0.208. The summed E-state index contributed by atoms with van der Waals surface area (Å²) in [6.45, 7) is 9.09. The number of hydrogen-bond acceptors (Lipinski definition) is 3. The lowest BCUT2D eigenvalue weighted by Crippen LogP contribution is -2.30. The molecule has 0 aliphatic rings. The molecule has 1 unspecified atom stereocenters. The summed E-state index contributed by atoms with van der Waals surface area (Å²) in [5.74, 6) is -0.236. The largest absolute Gasteiger partial charge is 0.463 e. The first-order chi connectivity index (χ1) is 5.38. The zero-order valence-corrected chi connectivity index (χ0v) is 7.96. The van der Waals surface area contributed by atoms with Crippen LogP contribution >= 0.6 is 0 Å². The molecular weight excluding hydrogens is 154 g/mol. The summed E-state index contributed by atoms with van der Waals surface area (Å²) < 4.78 is 4.92. The maximum Gasteiger partial charge on any atom is 0.311 e. The van der Waals surface area contributed by atoms with Crippen molar-refractivity contribution in [2.45, 2.75) is 26.8 Å². The van der Waals surface area contributed by atoms with Crippen LogP contribution in [0.25, 0.3) is 0 Å². The predicted molar refractivity (Wildman–Crippen MR) is 48.6 cm³/mol. The molecule has 0 aromatic carbocycles. The van der Waals surface area contributed by atoms with Crippen molar-refractivity contribution in [1.82, 2.24) is 0 Å². The second kappa shape index (κ2) is 4.26. The summed E-state index contributed by atoms with van der Waals surface area (Å²) >= 11 is 0. The van der Waals surface area contributed by atoms with E-state index < -0.39 is 5.41 Å². The number of carbonyl (C=O) groups is 1. The lowest BCUT2D eigenvalue weighted by molar-refractivity contribution is -0.153. The minimum Gasteiger partial charge on any atom is -0.463 e. The fourth-order valence-electron chi connectivity index (χ4n) is 0.456. The van der Waals surface area contributed by atoms with E-state index in [1.807, 2.05) is 0 Å². The fourth-order valence-corrected chi connectivity index (χ4v) is 0.456. The van der Waals surface area contributed by atoms with E-state index in [0.29, 0.717) is 0 Å². The van der Waals surface area contributed by atoms with Crippen molar-refractivity contribution in [2.75, 3.05) is 6.61 Å². The van der Waals surface area contributed by atoms with E-state index in [1.165, 1.54) is 0 Å². The zero-order valence-electron chi connectivity index (χ0n) is 7.96. The van der Waals surface area contributed by atoms with Gasteiger partial charge in [0.05, 0.1) is 11.5 Å². The van der Waals surface area contributed by atoms with Gasteiger partial charge >= 0.3 is 5.97 Å². The Morgan fingerprint density at radius 3 is 2.50 bits per heavy atom. The highest BCUT2D eigenvalue weighted by molar-refractivity contribution is 5.75. The van der Waals surface area contributed by atoms with Crippen LogP contribution in [0.3, 0.4) is 0 Å². The Bertz CT molecular complexity index is 170. The van der Waals surface area contributed by atoms with E-state index >= 15 is 0 Å². The number of hydrogen-bond donors (Lipinski definition) is 1. The molecule has 0 aliphatic heterocycles. The molecule has 0 rings (SSSR count). The summed E-state index contributed by atoms with van der Waals surface area (Å²) in [6.07, 6.45) is 1.55. The Morgan fingerprint density at radius 2 is 2.17 bits per heavy atom. The van der Waals surface area contributed by atoms with Crippen LogP contribution in [0, 0.1) is 5.41 Å². The summed E-state index contributed by atoms with van der Waals surface area (Å²) in [5.41, 5.74) is 5.01. The molecule has 3 heteroatoms. The van der Waals surface area contributed by atoms with Crippen LogP contribution < -0.4 is 5.73 Å². The second-order valence-electron chi connectivity index (χ2n) is 3.75. The van der Waals surface area contributed by atoms with Gasteiger partial charge in [0.1, 0.15) is 6.61 Å². The lowest BCUT2D eigenvalue weighted by Gasteiger charge is -2.17. The van der Waals surface area contributed by atoms with Crippen molar-refractivity contribution in [3.8, 4) is 0 Å². The molecule has 70 valence electrons.